The molecule has 0 bridgehead atoms. The van der Waals surface area contributed by atoms with Crippen LogP contribution in [0, 0.1) is 13.8 Å². The highest BCUT2D eigenvalue weighted by Gasteiger charge is 2.36. The van der Waals surface area contributed by atoms with Gasteiger partial charge in [-0.15, -0.1) is 0 Å². The van der Waals surface area contributed by atoms with Gasteiger partial charge in [-0.1, -0.05) is 93.2 Å². The van der Waals surface area contributed by atoms with E-state index >= 15 is 0 Å². The summed E-state index contributed by atoms with van der Waals surface area (Å²) in [5, 5.41) is 2.98. The van der Waals surface area contributed by atoms with Crippen LogP contribution in [-0.4, -0.2) is 5.84 Å². The first-order chi connectivity index (χ1) is 21.2. The molecule has 5 aromatic carbocycles. The summed E-state index contributed by atoms with van der Waals surface area (Å²) in [7, 11) is 0. The number of amidine groups is 1. The molecule has 4 heteroatoms. The van der Waals surface area contributed by atoms with Gasteiger partial charge in [0.25, 0.3) is 0 Å². The molecule has 2 heterocycles. The summed E-state index contributed by atoms with van der Waals surface area (Å²) in [6.45, 7) is 13.0. The van der Waals surface area contributed by atoms with Crippen molar-refractivity contribution in [2.45, 2.75) is 33.1 Å². The third-order valence-electron chi connectivity index (χ3n) is 9.45. The Bertz CT molecular complexity index is 2360. The smallest absolute Gasteiger partial charge is 0.136 e. The third-order valence-corrected chi connectivity index (χ3v) is 9.45. The molecule has 0 saturated heterocycles. The van der Waals surface area contributed by atoms with Gasteiger partial charge < -0.3 is 14.6 Å². The molecule has 1 aliphatic carbocycles. The van der Waals surface area contributed by atoms with Gasteiger partial charge in [0.1, 0.15) is 28.3 Å². The van der Waals surface area contributed by atoms with Crippen molar-refractivity contribution in [3.8, 4) is 22.3 Å². The minimum atomic E-state index is -0.0603. The van der Waals surface area contributed by atoms with Crippen LogP contribution in [0.5, 0.6) is 0 Å². The summed E-state index contributed by atoms with van der Waals surface area (Å²) in [6, 6.07) is 33.8. The van der Waals surface area contributed by atoms with E-state index in [0.717, 1.165) is 60.9 Å². The monoisotopic (exact) mass is 572 g/mol. The molecule has 2 N–H and O–H groups in total. The number of aliphatic imine (C=N–C) groups is 1. The fourth-order valence-corrected chi connectivity index (χ4v) is 7.13. The van der Waals surface area contributed by atoms with E-state index in [1.807, 2.05) is 50.2 Å². The first-order valence-corrected chi connectivity index (χ1v) is 15.0. The molecular formula is C40H32N2O2. The van der Waals surface area contributed by atoms with E-state index in [9.17, 15) is 0 Å². The second-order valence-electron chi connectivity index (χ2n) is 12.3. The zero-order valence-corrected chi connectivity index (χ0v) is 25.3. The highest BCUT2D eigenvalue weighted by Crippen LogP contribution is 2.52. The molecule has 0 spiro atoms. The number of rotatable bonds is 4. The van der Waals surface area contributed by atoms with E-state index in [-0.39, 0.29) is 5.41 Å². The number of benzene rings is 5. The van der Waals surface area contributed by atoms with Gasteiger partial charge in [-0.3, -0.25) is 0 Å². The largest absolute Gasteiger partial charge is 0.461 e. The van der Waals surface area contributed by atoms with E-state index in [1.54, 1.807) is 0 Å². The van der Waals surface area contributed by atoms with Crippen molar-refractivity contribution >= 4 is 44.4 Å². The summed E-state index contributed by atoms with van der Waals surface area (Å²) in [4.78, 5) is 4.84. The molecule has 4 nitrogen and oxygen atoms in total. The van der Waals surface area contributed by atoms with Crippen LogP contribution in [0.2, 0.25) is 0 Å². The molecule has 0 unspecified atom stereocenters. The Morgan fingerprint density at radius 2 is 1.39 bits per heavy atom. The van der Waals surface area contributed by atoms with Crippen molar-refractivity contribution in [1.29, 1.82) is 0 Å². The normalized spacial score (nSPS) is 14.0. The van der Waals surface area contributed by atoms with Crippen molar-refractivity contribution in [3.63, 3.8) is 0 Å². The van der Waals surface area contributed by atoms with E-state index in [4.69, 9.17) is 19.6 Å². The first kappa shape index (κ1) is 26.3. The lowest BCUT2D eigenvalue weighted by Gasteiger charge is -2.21. The van der Waals surface area contributed by atoms with E-state index in [0.29, 0.717) is 11.5 Å². The number of nitrogens with two attached hydrogens (primary N) is 1. The standard InChI is InChI=1S/C40H32N2O2/c1-22-24(3)43-34-17-10-14-29(36(22)34)39(41)42-23(2)26-12-9-18-35-38(26)30-21-25(19-20-33(30)44-35)27-13-8-16-32-37(27)28-11-6-7-15-31(28)40(32,4)5/h6-21H,2H2,1,3-5H3,(H2,41,42). The molecule has 1 aliphatic rings. The highest BCUT2D eigenvalue weighted by atomic mass is 16.3. The van der Waals surface area contributed by atoms with Crippen molar-refractivity contribution in [2.24, 2.45) is 10.7 Å². The van der Waals surface area contributed by atoms with Crippen LogP contribution in [0.1, 0.15) is 47.4 Å². The van der Waals surface area contributed by atoms with Crippen LogP contribution in [0.25, 0.3) is 60.9 Å². The minimum absolute atomic E-state index is 0.0603. The summed E-state index contributed by atoms with van der Waals surface area (Å²) < 4.78 is 12.3. The second kappa shape index (κ2) is 9.32. The highest BCUT2D eigenvalue weighted by molar-refractivity contribution is 6.14. The molecule has 0 aliphatic heterocycles. The fraction of sp³-hybridized carbons (Fsp3) is 0.125. The van der Waals surface area contributed by atoms with Gasteiger partial charge in [-0.05, 0) is 77.1 Å². The predicted octanol–water partition coefficient (Wildman–Crippen LogP) is 10.3. The molecule has 0 amide bonds. The Hall–Kier alpha value is -5.35. The average Bonchev–Trinajstić information content (AvgIpc) is 3.63. The number of hydrogen-bond donors (Lipinski definition) is 1. The quantitative estimate of drug-likeness (QED) is 0.169. The fourth-order valence-electron chi connectivity index (χ4n) is 7.13. The van der Waals surface area contributed by atoms with Gasteiger partial charge in [0.2, 0.25) is 0 Å². The molecule has 7 aromatic rings. The molecule has 8 rings (SSSR count). The number of aryl methyl sites for hydroxylation is 2. The molecule has 0 fully saturated rings. The molecule has 0 radical (unpaired) electrons. The summed E-state index contributed by atoms with van der Waals surface area (Å²) in [6.07, 6.45) is 0. The maximum absolute atomic E-state index is 6.65. The van der Waals surface area contributed by atoms with Gasteiger partial charge in [0, 0.05) is 32.7 Å². The van der Waals surface area contributed by atoms with Gasteiger partial charge in [0.05, 0.1) is 5.70 Å². The minimum Gasteiger partial charge on any atom is -0.461 e. The Kier molecular flexibility index (Phi) is 5.57. The summed E-state index contributed by atoms with van der Waals surface area (Å²) in [5.74, 6) is 1.27. The van der Waals surface area contributed by atoms with Crippen LogP contribution >= 0.6 is 0 Å². The lowest BCUT2D eigenvalue weighted by molar-refractivity contribution is 0.575. The number of nitrogens with zero attached hydrogens (tertiary/aromatic N) is 1. The van der Waals surface area contributed by atoms with Gasteiger partial charge in [-0.25, -0.2) is 4.99 Å². The zero-order chi connectivity index (χ0) is 30.3. The second-order valence-corrected chi connectivity index (χ2v) is 12.3. The van der Waals surface area contributed by atoms with Gasteiger partial charge in [-0.2, -0.15) is 0 Å². The van der Waals surface area contributed by atoms with E-state index < -0.39 is 0 Å². The number of hydrogen-bond acceptors (Lipinski definition) is 3. The molecule has 44 heavy (non-hydrogen) atoms. The lowest BCUT2D eigenvalue weighted by Crippen LogP contribution is -2.14. The molecule has 214 valence electrons. The number of fused-ring (bicyclic) bond motifs is 7. The number of furan rings is 2. The molecular weight excluding hydrogens is 540 g/mol. The molecule has 2 aromatic heterocycles. The predicted molar refractivity (Wildman–Crippen MR) is 182 cm³/mol. The first-order valence-electron chi connectivity index (χ1n) is 15.0. The average molecular weight is 573 g/mol. The molecule has 0 saturated carbocycles. The Morgan fingerprint density at radius 3 is 2.20 bits per heavy atom. The Labute approximate surface area is 256 Å². The van der Waals surface area contributed by atoms with Gasteiger partial charge >= 0.3 is 0 Å². The van der Waals surface area contributed by atoms with Crippen molar-refractivity contribution in [2.75, 3.05) is 0 Å². The van der Waals surface area contributed by atoms with Crippen molar-refractivity contribution in [3.05, 3.63) is 137 Å². The van der Waals surface area contributed by atoms with Crippen molar-refractivity contribution < 1.29 is 8.83 Å². The summed E-state index contributed by atoms with van der Waals surface area (Å²) in [5.41, 5.74) is 20.1. The maximum atomic E-state index is 6.65. The van der Waals surface area contributed by atoms with Crippen LogP contribution < -0.4 is 5.73 Å². The Morgan fingerprint density at radius 1 is 0.705 bits per heavy atom. The Balaban J connectivity index is 1.28. The van der Waals surface area contributed by atoms with Crippen LogP contribution in [-0.2, 0) is 5.41 Å². The zero-order valence-electron chi connectivity index (χ0n) is 25.3. The van der Waals surface area contributed by atoms with Gasteiger partial charge in [0.15, 0.2) is 0 Å². The van der Waals surface area contributed by atoms with Crippen LogP contribution in [0.4, 0.5) is 0 Å². The van der Waals surface area contributed by atoms with Crippen LogP contribution in [0.3, 0.4) is 0 Å². The van der Waals surface area contributed by atoms with Crippen molar-refractivity contribution in [1.82, 2.24) is 0 Å². The van der Waals surface area contributed by atoms with E-state index in [2.05, 4.69) is 81.1 Å². The SMILES string of the molecule is C=C(N=C(N)c1cccc2oc(C)c(C)c12)c1cccc2oc3ccc(-c4cccc5c4-c4ccccc4C5(C)C)cc3c12. The maximum Gasteiger partial charge on any atom is 0.136 e. The van der Waals surface area contributed by atoms with Crippen LogP contribution in [0.15, 0.2) is 117 Å². The van der Waals surface area contributed by atoms with E-state index in [1.165, 1.54) is 27.8 Å². The lowest BCUT2D eigenvalue weighted by atomic mass is 9.82. The topological polar surface area (TPSA) is 64.7 Å². The summed E-state index contributed by atoms with van der Waals surface area (Å²) >= 11 is 0. The third kappa shape index (κ3) is 3.67. The molecule has 0 atom stereocenters.